The van der Waals surface area contributed by atoms with Crippen molar-refractivity contribution in [2.24, 2.45) is 0 Å². The fourth-order valence-electron chi connectivity index (χ4n) is 1.36. The molecule has 18 heavy (non-hydrogen) atoms. The molecule has 0 bridgehead atoms. The molecule has 2 aromatic rings. The number of rotatable bonds is 2. The van der Waals surface area contributed by atoms with Crippen molar-refractivity contribution in [1.82, 2.24) is 9.97 Å². The fourth-order valence-corrected chi connectivity index (χ4v) is 1.81. The number of hydrogen-bond donors (Lipinski definition) is 1. The minimum atomic E-state index is -0.373. The lowest BCUT2D eigenvalue weighted by Gasteiger charge is -2.06. The highest BCUT2D eigenvalue weighted by Gasteiger charge is 2.11. The van der Waals surface area contributed by atoms with Crippen LogP contribution in [-0.4, -0.2) is 15.9 Å². The Morgan fingerprint density at radius 1 is 1.33 bits per heavy atom. The number of aromatic nitrogens is 2. The molecular formula is C12H9Cl2N3O. The van der Waals surface area contributed by atoms with Gasteiger partial charge in [-0.2, -0.15) is 0 Å². The summed E-state index contributed by atoms with van der Waals surface area (Å²) in [6.07, 6.45) is 1.43. The Morgan fingerprint density at radius 2 is 2.11 bits per heavy atom. The molecule has 1 N–H and O–H groups in total. The first-order chi connectivity index (χ1) is 8.56. The summed E-state index contributed by atoms with van der Waals surface area (Å²) in [4.78, 5) is 19.9. The average Bonchev–Trinajstić information content (AvgIpc) is 2.28. The number of carbonyl (C=O) groups excluding carboxylic acids is 1. The van der Waals surface area contributed by atoms with Crippen molar-refractivity contribution >= 4 is 34.9 Å². The first kappa shape index (κ1) is 12.8. The fraction of sp³-hybridized carbons (Fsp3) is 0.0833. The third-order valence-electron chi connectivity index (χ3n) is 2.19. The van der Waals surface area contributed by atoms with Crippen LogP contribution in [0.25, 0.3) is 0 Å². The number of pyridine rings is 2. The van der Waals surface area contributed by atoms with E-state index in [1.807, 2.05) is 0 Å². The highest BCUT2D eigenvalue weighted by Crippen LogP contribution is 2.17. The van der Waals surface area contributed by atoms with Crippen molar-refractivity contribution in [1.29, 1.82) is 0 Å². The molecule has 0 aliphatic rings. The molecule has 0 radical (unpaired) electrons. The molecule has 0 fully saturated rings. The van der Waals surface area contributed by atoms with Crippen LogP contribution in [0, 0.1) is 6.92 Å². The maximum absolute atomic E-state index is 11.9. The Morgan fingerprint density at radius 3 is 2.78 bits per heavy atom. The van der Waals surface area contributed by atoms with Crippen LogP contribution in [-0.2, 0) is 0 Å². The zero-order valence-corrected chi connectivity index (χ0v) is 11.0. The number of nitrogens with one attached hydrogen (secondary N) is 1. The van der Waals surface area contributed by atoms with Crippen molar-refractivity contribution in [2.75, 3.05) is 5.32 Å². The molecular weight excluding hydrogens is 273 g/mol. The van der Waals surface area contributed by atoms with Crippen LogP contribution in [0.15, 0.2) is 30.5 Å². The largest absolute Gasteiger partial charge is 0.306 e. The second-order valence-electron chi connectivity index (χ2n) is 3.61. The molecule has 2 aromatic heterocycles. The van der Waals surface area contributed by atoms with Crippen LogP contribution in [0.5, 0.6) is 0 Å². The monoisotopic (exact) mass is 281 g/mol. The predicted octanol–water partition coefficient (Wildman–Crippen LogP) is 3.34. The smallest absolute Gasteiger partial charge is 0.259 e. The summed E-state index contributed by atoms with van der Waals surface area (Å²) in [5, 5.41) is 3.26. The van der Waals surface area contributed by atoms with Gasteiger partial charge in [-0.3, -0.25) is 9.78 Å². The molecule has 0 spiro atoms. The quantitative estimate of drug-likeness (QED) is 0.859. The number of amides is 1. The number of carbonyl (C=O) groups is 1. The van der Waals surface area contributed by atoms with Crippen LogP contribution in [0.4, 0.5) is 5.82 Å². The van der Waals surface area contributed by atoms with Gasteiger partial charge in [0.05, 0.1) is 10.6 Å². The third kappa shape index (κ3) is 2.97. The summed E-state index contributed by atoms with van der Waals surface area (Å²) in [6.45, 7) is 1.80. The minimum absolute atomic E-state index is 0.295. The maximum Gasteiger partial charge on any atom is 0.259 e. The normalized spacial score (nSPS) is 10.2. The lowest BCUT2D eigenvalue weighted by atomic mass is 10.2. The lowest BCUT2D eigenvalue weighted by Crippen LogP contribution is -2.14. The molecule has 92 valence electrons. The summed E-state index contributed by atoms with van der Waals surface area (Å²) in [7, 11) is 0. The minimum Gasteiger partial charge on any atom is -0.306 e. The molecule has 4 nitrogen and oxygen atoms in total. The van der Waals surface area contributed by atoms with Gasteiger partial charge >= 0.3 is 0 Å². The van der Waals surface area contributed by atoms with E-state index < -0.39 is 0 Å². The van der Waals surface area contributed by atoms with Crippen molar-refractivity contribution in [3.8, 4) is 0 Å². The second-order valence-corrected chi connectivity index (χ2v) is 4.40. The molecule has 2 heterocycles. The molecule has 1 amide bonds. The van der Waals surface area contributed by atoms with E-state index in [-0.39, 0.29) is 5.91 Å². The molecule has 0 unspecified atom stereocenters. The van der Waals surface area contributed by atoms with Crippen molar-refractivity contribution < 1.29 is 4.79 Å². The summed E-state index contributed by atoms with van der Waals surface area (Å²) in [5.74, 6) is -0.00796. The summed E-state index contributed by atoms with van der Waals surface area (Å²) in [5.41, 5.74) is 1.04. The first-order valence-corrected chi connectivity index (χ1v) is 5.88. The lowest BCUT2D eigenvalue weighted by molar-refractivity contribution is 0.102. The molecule has 0 aromatic carbocycles. The predicted molar refractivity (Wildman–Crippen MR) is 71.2 cm³/mol. The SMILES string of the molecule is Cc1cc(Cl)c(C(=O)Nc2cccc(Cl)n2)cn1. The first-order valence-electron chi connectivity index (χ1n) is 5.12. The molecule has 6 heteroatoms. The van der Waals surface area contributed by atoms with Gasteiger partial charge < -0.3 is 5.32 Å². The van der Waals surface area contributed by atoms with Crippen molar-refractivity contribution in [3.05, 3.63) is 51.9 Å². The molecule has 0 saturated carbocycles. The molecule has 0 aliphatic heterocycles. The molecule has 0 aliphatic carbocycles. The Balaban J connectivity index is 2.22. The van der Waals surface area contributed by atoms with Gasteiger partial charge in [0.15, 0.2) is 0 Å². The van der Waals surface area contributed by atoms with Gasteiger partial charge in [-0.1, -0.05) is 29.3 Å². The van der Waals surface area contributed by atoms with Crippen molar-refractivity contribution in [2.45, 2.75) is 6.92 Å². The Bertz CT molecular complexity index is 602. The number of aryl methyl sites for hydroxylation is 1. The van der Waals surface area contributed by atoms with Crippen LogP contribution in [0.1, 0.15) is 16.1 Å². The molecule has 0 saturated heterocycles. The zero-order chi connectivity index (χ0) is 13.1. The third-order valence-corrected chi connectivity index (χ3v) is 2.71. The van der Waals surface area contributed by atoms with E-state index >= 15 is 0 Å². The van der Waals surface area contributed by atoms with Gasteiger partial charge in [-0.05, 0) is 25.1 Å². The highest BCUT2D eigenvalue weighted by molar-refractivity contribution is 6.34. The van der Waals surface area contributed by atoms with Crippen LogP contribution in [0.2, 0.25) is 10.2 Å². The highest BCUT2D eigenvalue weighted by atomic mass is 35.5. The van der Waals surface area contributed by atoms with Gasteiger partial charge in [0, 0.05) is 11.9 Å². The number of halogens is 2. The summed E-state index contributed by atoms with van der Waals surface area (Å²) < 4.78 is 0. The topological polar surface area (TPSA) is 54.9 Å². The van der Waals surface area contributed by atoms with E-state index in [0.29, 0.717) is 21.6 Å². The van der Waals surface area contributed by atoms with Gasteiger partial charge in [-0.25, -0.2) is 4.98 Å². The van der Waals surface area contributed by atoms with Gasteiger partial charge in [0.2, 0.25) is 0 Å². The van der Waals surface area contributed by atoms with Gasteiger partial charge in [0.25, 0.3) is 5.91 Å². The zero-order valence-electron chi connectivity index (χ0n) is 9.45. The van der Waals surface area contributed by atoms with E-state index in [1.165, 1.54) is 6.20 Å². The Kier molecular flexibility index (Phi) is 3.79. The summed E-state index contributed by atoms with van der Waals surface area (Å²) in [6, 6.07) is 6.58. The van der Waals surface area contributed by atoms with E-state index in [1.54, 1.807) is 31.2 Å². The van der Waals surface area contributed by atoms with Crippen LogP contribution >= 0.6 is 23.2 Å². The summed E-state index contributed by atoms with van der Waals surface area (Å²) >= 11 is 11.7. The average molecular weight is 282 g/mol. The maximum atomic E-state index is 11.9. The van der Waals surface area contributed by atoms with E-state index in [4.69, 9.17) is 23.2 Å². The van der Waals surface area contributed by atoms with Crippen molar-refractivity contribution in [3.63, 3.8) is 0 Å². The van der Waals surface area contributed by atoms with Gasteiger partial charge in [-0.15, -0.1) is 0 Å². The van der Waals surface area contributed by atoms with Crippen LogP contribution in [0.3, 0.4) is 0 Å². The van der Waals surface area contributed by atoms with Gasteiger partial charge in [0.1, 0.15) is 11.0 Å². The molecule has 2 rings (SSSR count). The molecule has 0 atom stereocenters. The van der Waals surface area contributed by atoms with Crippen LogP contribution < -0.4 is 5.32 Å². The van der Waals surface area contributed by atoms with E-state index in [2.05, 4.69) is 15.3 Å². The van der Waals surface area contributed by atoms with E-state index in [0.717, 1.165) is 5.69 Å². The number of anilines is 1. The second kappa shape index (κ2) is 5.33. The Hall–Kier alpha value is -1.65. The number of nitrogens with zero attached hydrogens (tertiary/aromatic N) is 2. The van der Waals surface area contributed by atoms with E-state index in [9.17, 15) is 4.79 Å². The Labute approximate surface area is 114 Å². The standard InChI is InChI=1S/C12H9Cl2N3O/c1-7-5-9(13)8(6-15-7)12(18)17-11-4-2-3-10(14)16-11/h2-6H,1H3,(H,16,17,18). The number of hydrogen-bond acceptors (Lipinski definition) is 3.